The van der Waals surface area contributed by atoms with Crippen LogP contribution in [0, 0.1) is 5.82 Å². The van der Waals surface area contributed by atoms with Crippen LogP contribution in [0.5, 0.6) is 0 Å². The van der Waals surface area contributed by atoms with Crippen LogP contribution in [0.25, 0.3) is 0 Å². The van der Waals surface area contributed by atoms with Gasteiger partial charge in [-0.05, 0) is 24.3 Å². The number of aromatic nitrogens is 2. The first kappa shape index (κ1) is 18.5. The Bertz CT molecular complexity index is 959. The quantitative estimate of drug-likeness (QED) is 0.687. The summed E-state index contributed by atoms with van der Waals surface area (Å²) in [6.07, 6.45) is 2.03. The number of rotatable bonds is 3. The van der Waals surface area contributed by atoms with E-state index in [0.29, 0.717) is 17.9 Å². The van der Waals surface area contributed by atoms with E-state index in [2.05, 4.69) is 9.97 Å². The molecule has 1 saturated heterocycles. The average Bonchev–Trinajstić information content (AvgIpc) is 2.76. The number of piperazine rings is 1. The molecule has 4 rings (SSSR count). The second-order valence-electron chi connectivity index (χ2n) is 6.46. The lowest BCUT2D eigenvalue weighted by molar-refractivity contribution is -0.120. The number of para-hydroxylation sites is 2. The van der Waals surface area contributed by atoms with Crippen molar-refractivity contribution >= 4 is 29.3 Å². The van der Waals surface area contributed by atoms with E-state index in [0.717, 1.165) is 12.4 Å². The molecule has 1 aliphatic rings. The van der Waals surface area contributed by atoms with Gasteiger partial charge in [0.1, 0.15) is 6.54 Å². The molecule has 3 amide bonds. The van der Waals surface area contributed by atoms with Crippen molar-refractivity contribution in [1.29, 1.82) is 0 Å². The second kappa shape index (κ2) is 8.05. The van der Waals surface area contributed by atoms with E-state index in [1.54, 1.807) is 4.90 Å². The molecule has 0 atom stereocenters. The Balaban J connectivity index is 1.56. The lowest BCUT2D eigenvalue weighted by Crippen LogP contribution is -2.55. The maximum atomic E-state index is 13.3. The summed E-state index contributed by atoms with van der Waals surface area (Å²) < 4.78 is 13.0. The van der Waals surface area contributed by atoms with Crippen LogP contribution < -0.4 is 9.80 Å². The first-order valence-corrected chi connectivity index (χ1v) is 9.10. The van der Waals surface area contributed by atoms with E-state index in [9.17, 15) is 14.0 Å². The fourth-order valence-electron chi connectivity index (χ4n) is 3.16. The number of halogens is 1. The van der Waals surface area contributed by atoms with Crippen molar-refractivity contribution in [2.45, 2.75) is 0 Å². The zero-order chi connectivity index (χ0) is 20.2. The van der Waals surface area contributed by atoms with Crippen molar-refractivity contribution in [3.63, 3.8) is 0 Å². The largest absolute Gasteiger partial charge is 0.329 e. The van der Waals surface area contributed by atoms with Gasteiger partial charge in [-0.15, -0.1) is 0 Å². The Morgan fingerprint density at radius 2 is 1.45 bits per heavy atom. The van der Waals surface area contributed by atoms with E-state index >= 15 is 0 Å². The third-order valence-electron chi connectivity index (χ3n) is 4.56. The standard InChI is InChI=1S/C21H18FN5O2/c22-16-13-23-20(24-14-16)26-12-11-25(15-19(26)28)21(29)27(17-7-3-1-4-8-17)18-9-5-2-6-10-18/h1-10,13-14H,11-12,15H2. The smallest absolute Gasteiger partial charge is 0.313 e. The highest BCUT2D eigenvalue weighted by molar-refractivity contribution is 6.03. The van der Waals surface area contributed by atoms with Gasteiger partial charge in [0.2, 0.25) is 11.9 Å². The Morgan fingerprint density at radius 1 is 0.897 bits per heavy atom. The first-order valence-electron chi connectivity index (χ1n) is 9.10. The third-order valence-corrected chi connectivity index (χ3v) is 4.56. The van der Waals surface area contributed by atoms with Crippen molar-refractivity contribution in [3.05, 3.63) is 78.9 Å². The van der Waals surface area contributed by atoms with Gasteiger partial charge >= 0.3 is 6.03 Å². The maximum absolute atomic E-state index is 13.3. The van der Waals surface area contributed by atoms with Crippen LogP contribution >= 0.6 is 0 Å². The van der Waals surface area contributed by atoms with Gasteiger partial charge in [-0.2, -0.15) is 0 Å². The number of anilines is 3. The van der Waals surface area contributed by atoms with Crippen LogP contribution in [0.2, 0.25) is 0 Å². The molecule has 1 aliphatic heterocycles. The molecule has 0 spiro atoms. The van der Waals surface area contributed by atoms with Crippen LogP contribution in [0.4, 0.5) is 26.5 Å². The van der Waals surface area contributed by atoms with Gasteiger partial charge < -0.3 is 4.90 Å². The summed E-state index contributed by atoms with van der Waals surface area (Å²) in [6.45, 7) is 0.421. The molecule has 29 heavy (non-hydrogen) atoms. The molecule has 0 radical (unpaired) electrons. The van der Waals surface area contributed by atoms with Crippen molar-refractivity contribution in [2.75, 3.05) is 29.4 Å². The Kier molecular flexibility index (Phi) is 5.15. The summed E-state index contributed by atoms with van der Waals surface area (Å²) in [7, 11) is 0. The minimum Gasteiger partial charge on any atom is -0.313 e. The zero-order valence-corrected chi connectivity index (χ0v) is 15.5. The highest BCUT2D eigenvalue weighted by Gasteiger charge is 2.32. The predicted octanol–water partition coefficient (Wildman–Crippen LogP) is 3.22. The van der Waals surface area contributed by atoms with Crippen LogP contribution in [-0.4, -0.2) is 46.4 Å². The van der Waals surface area contributed by atoms with E-state index in [4.69, 9.17) is 0 Å². The molecule has 1 fully saturated rings. The summed E-state index contributed by atoms with van der Waals surface area (Å²) in [5.41, 5.74) is 1.42. The zero-order valence-electron chi connectivity index (χ0n) is 15.5. The number of hydrogen-bond donors (Lipinski definition) is 0. The fraction of sp³-hybridized carbons (Fsp3) is 0.143. The molecule has 1 aromatic heterocycles. The molecule has 146 valence electrons. The van der Waals surface area contributed by atoms with Gasteiger partial charge in [-0.1, -0.05) is 36.4 Å². The van der Waals surface area contributed by atoms with Crippen LogP contribution in [-0.2, 0) is 4.79 Å². The first-order chi connectivity index (χ1) is 14.1. The van der Waals surface area contributed by atoms with Gasteiger partial charge in [0.25, 0.3) is 0 Å². The van der Waals surface area contributed by atoms with E-state index < -0.39 is 5.82 Å². The summed E-state index contributed by atoms with van der Waals surface area (Å²) >= 11 is 0. The van der Waals surface area contributed by atoms with Crippen LogP contribution in [0.1, 0.15) is 0 Å². The molecule has 7 nitrogen and oxygen atoms in total. The monoisotopic (exact) mass is 391 g/mol. The molecule has 0 bridgehead atoms. The highest BCUT2D eigenvalue weighted by atomic mass is 19.1. The molecule has 3 aromatic rings. The Morgan fingerprint density at radius 3 is 1.97 bits per heavy atom. The average molecular weight is 391 g/mol. The lowest BCUT2D eigenvalue weighted by atomic mass is 10.2. The topological polar surface area (TPSA) is 69.6 Å². The van der Waals surface area contributed by atoms with Crippen molar-refractivity contribution < 1.29 is 14.0 Å². The van der Waals surface area contributed by atoms with Crippen LogP contribution in [0.3, 0.4) is 0 Å². The summed E-state index contributed by atoms with van der Waals surface area (Å²) in [5, 5.41) is 0. The number of amides is 3. The van der Waals surface area contributed by atoms with E-state index in [-0.39, 0.29) is 31.0 Å². The summed E-state index contributed by atoms with van der Waals surface area (Å²) in [4.78, 5) is 38.1. The number of urea groups is 1. The molecular weight excluding hydrogens is 373 g/mol. The summed E-state index contributed by atoms with van der Waals surface area (Å²) in [6, 6.07) is 18.2. The second-order valence-corrected chi connectivity index (χ2v) is 6.46. The fourth-order valence-corrected chi connectivity index (χ4v) is 3.16. The van der Waals surface area contributed by atoms with Gasteiger partial charge in [0, 0.05) is 13.1 Å². The lowest BCUT2D eigenvalue weighted by Gasteiger charge is -2.36. The number of carbonyl (C=O) groups excluding carboxylic acids is 2. The van der Waals surface area contributed by atoms with Crippen LogP contribution in [0.15, 0.2) is 73.1 Å². The number of benzene rings is 2. The normalized spacial score (nSPS) is 14.0. The number of carbonyl (C=O) groups is 2. The number of hydrogen-bond acceptors (Lipinski definition) is 4. The maximum Gasteiger partial charge on any atom is 0.329 e. The van der Waals surface area contributed by atoms with Gasteiger partial charge in [0.05, 0.1) is 23.8 Å². The molecular formula is C21H18FN5O2. The molecule has 0 saturated carbocycles. The van der Waals surface area contributed by atoms with E-state index in [1.807, 2.05) is 60.7 Å². The van der Waals surface area contributed by atoms with Gasteiger partial charge in [0.15, 0.2) is 5.82 Å². The SMILES string of the molecule is O=C1CN(C(=O)N(c2ccccc2)c2ccccc2)CCN1c1ncc(F)cn1. The Hall–Kier alpha value is -3.81. The van der Waals surface area contributed by atoms with Crippen molar-refractivity contribution in [2.24, 2.45) is 0 Å². The molecule has 2 aromatic carbocycles. The molecule has 2 heterocycles. The third kappa shape index (κ3) is 3.91. The van der Waals surface area contributed by atoms with Crippen molar-refractivity contribution in [3.8, 4) is 0 Å². The number of nitrogens with zero attached hydrogens (tertiary/aromatic N) is 5. The molecule has 0 aliphatic carbocycles. The Labute approximate surface area is 167 Å². The van der Waals surface area contributed by atoms with Gasteiger partial charge in [-0.25, -0.2) is 19.2 Å². The molecule has 8 heteroatoms. The highest BCUT2D eigenvalue weighted by Crippen LogP contribution is 2.27. The molecule has 0 N–H and O–H groups in total. The predicted molar refractivity (Wildman–Crippen MR) is 106 cm³/mol. The van der Waals surface area contributed by atoms with Gasteiger partial charge in [-0.3, -0.25) is 14.6 Å². The molecule has 0 unspecified atom stereocenters. The minimum absolute atomic E-state index is 0.115. The minimum atomic E-state index is -0.573. The van der Waals surface area contributed by atoms with Crippen molar-refractivity contribution in [1.82, 2.24) is 14.9 Å². The summed E-state index contributed by atoms with van der Waals surface area (Å²) in [5.74, 6) is -0.764. The van der Waals surface area contributed by atoms with E-state index in [1.165, 1.54) is 9.80 Å².